The number of hydrogen-bond acceptors (Lipinski definition) is 8. The molecule has 0 aromatic carbocycles. The highest BCUT2D eigenvalue weighted by Gasteiger charge is 2.20. The summed E-state index contributed by atoms with van der Waals surface area (Å²) in [5.41, 5.74) is 1.91. The number of aromatic nitrogens is 4. The molecular formula is C17H20N6OS. The van der Waals surface area contributed by atoms with Crippen LogP contribution in [0.2, 0.25) is 0 Å². The Morgan fingerprint density at radius 3 is 2.56 bits per heavy atom. The van der Waals surface area contributed by atoms with Crippen molar-refractivity contribution >= 4 is 11.3 Å². The van der Waals surface area contributed by atoms with Gasteiger partial charge in [-0.2, -0.15) is 4.98 Å². The lowest BCUT2D eigenvalue weighted by Gasteiger charge is -2.33. The van der Waals surface area contributed by atoms with Gasteiger partial charge in [0.15, 0.2) is 0 Å². The van der Waals surface area contributed by atoms with Crippen LogP contribution in [0, 0.1) is 6.92 Å². The normalized spacial score (nSPS) is 16.4. The third-order valence-corrected chi connectivity index (χ3v) is 5.06. The molecule has 0 N–H and O–H groups in total. The maximum Gasteiger partial charge on any atom is 0.241 e. The topological polar surface area (TPSA) is 71.2 Å². The van der Waals surface area contributed by atoms with Gasteiger partial charge in [-0.25, -0.2) is 4.98 Å². The van der Waals surface area contributed by atoms with Gasteiger partial charge in [-0.15, -0.1) is 11.3 Å². The largest absolute Gasteiger partial charge is 0.337 e. The maximum atomic E-state index is 5.38. The van der Waals surface area contributed by atoms with Crippen LogP contribution < -0.4 is 0 Å². The fraction of sp³-hybridized carbons (Fsp3) is 0.412. The van der Waals surface area contributed by atoms with Gasteiger partial charge in [-0.1, -0.05) is 11.2 Å². The zero-order valence-corrected chi connectivity index (χ0v) is 14.9. The summed E-state index contributed by atoms with van der Waals surface area (Å²) < 4.78 is 5.38. The Morgan fingerprint density at radius 2 is 1.88 bits per heavy atom. The van der Waals surface area contributed by atoms with E-state index in [2.05, 4.69) is 42.2 Å². The van der Waals surface area contributed by atoms with E-state index in [9.17, 15) is 0 Å². The molecule has 0 saturated carbocycles. The molecule has 4 rings (SSSR count). The molecule has 1 aliphatic rings. The molecule has 0 unspecified atom stereocenters. The van der Waals surface area contributed by atoms with Crippen molar-refractivity contribution < 1.29 is 4.52 Å². The molecule has 4 heterocycles. The molecule has 1 aliphatic heterocycles. The molecule has 3 aromatic heterocycles. The second-order valence-electron chi connectivity index (χ2n) is 6.14. The summed E-state index contributed by atoms with van der Waals surface area (Å²) in [5.74, 6) is 1.19. The first-order chi connectivity index (χ1) is 12.3. The highest BCUT2D eigenvalue weighted by atomic mass is 32.1. The van der Waals surface area contributed by atoms with Crippen LogP contribution in [0.1, 0.15) is 16.6 Å². The third-order valence-electron chi connectivity index (χ3n) is 4.24. The van der Waals surface area contributed by atoms with Crippen LogP contribution in [0.25, 0.3) is 11.5 Å². The predicted molar refractivity (Wildman–Crippen MR) is 94.9 cm³/mol. The first-order valence-corrected chi connectivity index (χ1v) is 9.24. The Morgan fingerprint density at radius 1 is 1.08 bits per heavy atom. The van der Waals surface area contributed by atoms with Gasteiger partial charge in [0.1, 0.15) is 5.69 Å². The van der Waals surface area contributed by atoms with Crippen LogP contribution in [-0.2, 0) is 13.1 Å². The minimum absolute atomic E-state index is 0.549. The van der Waals surface area contributed by atoms with Crippen LogP contribution in [0.3, 0.4) is 0 Å². The van der Waals surface area contributed by atoms with Gasteiger partial charge in [0, 0.05) is 44.3 Å². The van der Waals surface area contributed by atoms with E-state index in [0.717, 1.165) is 43.4 Å². The Hall–Kier alpha value is -2.16. The van der Waals surface area contributed by atoms with E-state index in [1.807, 2.05) is 18.2 Å². The van der Waals surface area contributed by atoms with Crippen molar-refractivity contribution in [3.63, 3.8) is 0 Å². The van der Waals surface area contributed by atoms with Crippen molar-refractivity contribution in [2.45, 2.75) is 20.0 Å². The minimum atomic E-state index is 0.549. The molecule has 0 spiro atoms. The molecule has 3 aromatic rings. The van der Waals surface area contributed by atoms with Gasteiger partial charge >= 0.3 is 0 Å². The second-order valence-corrected chi connectivity index (χ2v) is 7.20. The van der Waals surface area contributed by atoms with Crippen LogP contribution in [0.15, 0.2) is 34.3 Å². The van der Waals surface area contributed by atoms with Crippen LogP contribution in [0.5, 0.6) is 0 Å². The van der Waals surface area contributed by atoms with Gasteiger partial charge in [0.25, 0.3) is 0 Å². The van der Waals surface area contributed by atoms with E-state index < -0.39 is 0 Å². The zero-order valence-electron chi connectivity index (χ0n) is 14.1. The number of rotatable bonds is 5. The van der Waals surface area contributed by atoms with Crippen molar-refractivity contribution in [1.82, 2.24) is 29.9 Å². The second kappa shape index (κ2) is 7.38. The Balaban J connectivity index is 1.29. The van der Waals surface area contributed by atoms with E-state index in [-0.39, 0.29) is 0 Å². The lowest BCUT2D eigenvalue weighted by Crippen LogP contribution is -2.45. The van der Waals surface area contributed by atoms with E-state index in [4.69, 9.17) is 4.52 Å². The lowest BCUT2D eigenvalue weighted by atomic mass is 10.3. The van der Waals surface area contributed by atoms with Gasteiger partial charge in [-0.05, 0) is 19.1 Å². The summed E-state index contributed by atoms with van der Waals surface area (Å²) in [4.78, 5) is 18.0. The molecule has 8 heteroatoms. The quantitative estimate of drug-likeness (QED) is 0.694. The van der Waals surface area contributed by atoms with E-state index >= 15 is 0 Å². The fourth-order valence-electron chi connectivity index (χ4n) is 2.92. The van der Waals surface area contributed by atoms with Crippen LogP contribution >= 0.6 is 11.3 Å². The predicted octanol–water partition coefficient (Wildman–Crippen LogP) is 2.21. The summed E-state index contributed by atoms with van der Waals surface area (Å²) >= 11 is 1.71. The average molecular weight is 356 g/mol. The number of piperazine rings is 1. The van der Waals surface area contributed by atoms with Crippen molar-refractivity contribution in [2.75, 3.05) is 26.2 Å². The molecule has 7 nitrogen and oxygen atoms in total. The molecular weight excluding hydrogens is 336 g/mol. The highest BCUT2D eigenvalue weighted by Crippen LogP contribution is 2.15. The SMILES string of the molecule is Cc1nc(CN2CCN(Cc3nc(-c4ccccn4)no3)CC2)cs1. The molecule has 0 bridgehead atoms. The van der Waals surface area contributed by atoms with Gasteiger partial charge < -0.3 is 4.52 Å². The van der Waals surface area contributed by atoms with Crippen molar-refractivity contribution in [2.24, 2.45) is 0 Å². The van der Waals surface area contributed by atoms with E-state index in [0.29, 0.717) is 18.3 Å². The minimum Gasteiger partial charge on any atom is -0.337 e. The third kappa shape index (κ3) is 4.09. The molecule has 130 valence electrons. The first-order valence-electron chi connectivity index (χ1n) is 8.36. The molecule has 1 saturated heterocycles. The number of pyridine rings is 1. The Kier molecular flexibility index (Phi) is 4.82. The number of hydrogen-bond donors (Lipinski definition) is 0. The average Bonchev–Trinajstić information content (AvgIpc) is 3.27. The standard InChI is InChI=1S/C17H20N6OS/c1-13-19-14(12-25-13)10-22-6-8-23(9-7-22)11-16-20-17(21-24-16)15-4-2-3-5-18-15/h2-5,12H,6-11H2,1H3. The van der Waals surface area contributed by atoms with E-state index in [1.54, 1.807) is 17.5 Å². The smallest absolute Gasteiger partial charge is 0.241 e. The first kappa shape index (κ1) is 16.3. The molecule has 0 atom stereocenters. The number of nitrogens with zero attached hydrogens (tertiary/aromatic N) is 6. The molecule has 1 fully saturated rings. The summed E-state index contributed by atoms with van der Waals surface area (Å²) in [6, 6.07) is 5.67. The summed E-state index contributed by atoms with van der Waals surface area (Å²) in [7, 11) is 0. The Labute approximate surface area is 150 Å². The summed E-state index contributed by atoms with van der Waals surface area (Å²) in [5, 5.41) is 7.32. The molecule has 0 amide bonds. The Bertz CT molecular complexity index is 809. The van der Waals surface area contributed by atoms with Crippen molar-refractivity contribution in [3.05, 3.63) is 46.4 Å². The summed E-state index contributed by atoms with van der Waals surface area (Å²) in [6.07, 6.45) is 1.73. The zero-order chi connectivity index (χ0) is 17.1. The van der Waals surface area contributed by atoms with Crippen molar-refractivity contribution in [3.8, 4) is 11.5 Å². The lowest BCUT2D eigenvalue weighted by molar-refractivity contribution is 0.111. The van der Waals surface area contributed by atoms with E-state index in [1.165, 1.54) is 5.69 Å². The molecule has 0 aliphatic carbocycles. The number of thiazole rings is 1. The maximum absolute atomic E-state index is 5.38. The van der Waals surface area contributed by atoms with Crippen LogP contribution in [0.4, 0.5) is 0 Å². The van der Waals surface area contributed by atoms with Crippen LogP contribution in [-0.4, -0.2) is 56.1 Å². The fourth-order valence-corrected chi connectivity index (χ4v) is 3.53. The molecule has 0 radical (unpaired) electrons. The van der Waals surface area contributed by atoms with Gasteiger partial charge in [0.2, 0.25) is 11.7 Å². The highest BCUT2D eigenvalue weighted by molar-refractivity contribution is 7.09. The number of aryl methyl sites for hydroxylation is 1. The summed E-state index contributed by atoms with van der Waals surface area (Å²) in [6.45, 7) is 7.70. The monoisotopic (exact) mass is 356 g/mol. The van der Waals surface area contributed by atoms with Crippen molar-refractivity contribution in [1.29, 1.82) is 0 Å². The molecule has 25 heavy (non-hydrogen) atoms. The van der Waals surface area contributed by atoms with Gasteiger partial charge in [0.05, 0.1) is 17.2 Å². The van der Waals surface area contributed by atoms with Gasteiger partial charge in [-0.3, -0.25) is 14.8 Å².